The summed E-state index contributed by atoms with van der Waals surface area (Å²) in [5, 5.41) is 5.00. The van der Waals surface area contributed by atoms with Crippen LogP contribution in [0, 0.1) is 19.8 Å². The van der Waals surface area contributed by atoms with Crippen LogP contribution >= 0.6 is 11.6 Å². The number of amides is 2. The van der Waals surface area contributed by atoms with E-state index in [2.05, 4.69) is 10.0 Å². The van der Waals surface area contributed by atoms with Crippen LogP contribution in [0.3, 0.4) is 0 Å². The molecule has 3 fully saturated rings. The van der Waals surface area contributed by atoms with Gasteiger partial charge in [-0.2, -0.15) is 0 Å². The molecule has 5 nitrogen and oxygen atoms in total. The number of imide groups is 1. The van der Waals surface area contributed by atoms with Crippen molar-refractivity contribution in [3.8, 4) is 0 Å². The summed E-state index contributed by atoms with van der Waals surface area (Å²) in [5.74, 6) is -0.607. The Hall–Kier alpha value is -2.21. The van der Waals surface area contributed by atoms with E-state index in [9.17, 15) is 9.59 Å². The smallest absolute Gasteiger partial charge is 0.253 e. The summed E-state index contributed by atoms with van der Waals surface area (Å²) >= 11 is 6.07. The van der Waals surface area contributed by atoms with Crippen molar-refractivity contribution in [3.05, 3.63) is 64.2 Å². The van der Waals surface area contributed by atoms with Crippen LogP contribution in [0.2, 0.25) is 5.02 Å². The average molecular weight is 396 g/mol. The lowest BCUT2D eigenvalue weighted by molar-refractivity contribution is -0.126. The molecule has 3 saturated heterocycles. The van der Waals surface area contributed by atoms with E-state index >= 15 is 0 Å². The predicted octanol–water partition coefficient (Wildman–Crippen LogP) is 3.49. The highest BCUT2D eigenvalue weighted by atomic mass is 35.5. The molecule has 0 aliphatic carbocycles. The second-order valence-electron chi connectivity index (χ2n) is 7.93. The fraction of sp³-hybridized carbons (Fsp3) is 0.364. The van der Waals surface area contributed by atoms with Gasteiger partial charge in [-0.05, 0) is 61.2 Å². The molecule has 0 saturated carbocycles. The molecule has 3 heterocycles. The monoisotopic (exact) mass is 395 g/mol. The molecular formula is C22H22ClN3O2. The Morgan fingerprint density at radius 2 is 1.54 bits per heavy atom. The van der Waals surface area contributed by atoms with Gasteiger partial charge in [-0.15, -0.1) is 0 Å². The van der Waals surface area contributed by atoms with Gasteiger partial charge in [-0.3, -0.25) is 9.59 Å². The van der Waals surface area contributed by atoms with Crippen molar-refractivity contribution in [1.82, 2.24) is 10.0 Å². The van der Waals surface area contributed by atoms with E-state index in [1.54, 1.807) is 0 Å². The number of carbonyl (C=O) groups is 2. The fourth-order valence-corrected chi connectivity index (χ4v) is 5.02. The van der Waals surface area contributed by atoms with Gasteiger partial charge >= 0.3 is 0 Å². The lowest BCUT2D eigenvalue weighted by Gasteiger charge is -2.30. The number of rotatable bonds is 2. The summed E-state index contributed by atoms with van der Waals surface area (Å²) in [4.78, 5) is 28.3. The summed E-state index contributed by atoms with van der Waals surface area (Å²) in [7, 11) is 0. The molecule has 3 aliphatic heterocycles. The molecular weight excluding hydrogens is 374 g/mol. The number of anilines is 1. The zero-order chi connectivity index (χ0) is 19.6. The average Bonchev–Trinajstić information content (AvgIpc) is 3.31. The largest absolute Gasteiger partial charge is 0.274 e. The molecule has 6 heteroatoms. The van der Waals surface area contributed by atoms with Crippen molar-refractivity contribution in [1.29, 1.82) is 0 Å². The fourth-order valence-electron chi connectivity index (χ4n) is 4.89. The molecule has 2 amide bonds. The maximum Gasteiger partial charge on any atom is 0.253 e. The van der Waals surface area contributed by atoms with Crippen LogP contribution in [0.4, 0.5) is 5.69 Å². The number of fused-ring (bicyclic) bond motifs is 3. The quantitative estimate of drug-likeness (QED) is 0.730. The number of hydrogen-bond acceptors (Lipinski definition) is 4. The van der Waals surface area contributed by atoms with Gasteiger partial charge in [0.1, 0.15) is 6.04 Å². The molecule has 28 heavy (non-hydrogen) atoms. The Kier molecular flexibility index (Phi) is 4.09. The Bertz CT molecular complexity index is 974. The maximum atomic E-state index is 13.5. The van der Waals surface area contributed by atoms with Crippen molar-refractivity contribution >= 4 is 29.1 Å². The van der Waals surface area contributed by atoms with E-state index in [1.807, 2.05) is 56.3 Å². The first-order valence-electron chi connectivity index (χ1n) is 9.71. The number of nitrogens with zero attached hydrogens (tertiary/aromatic N) is 3. The molecule has 0 N–H and O–H groups in total. The van der Waals surface area contributed by atoms with Crippen molar-refractivity contribution in [2.75, 3.05) is 18.0 Å². The lowest BCUT2D eigenvalue weighted by atomic mass is 9.90. The second kappa shape index (κ2) is 6.41. The minimum absolute atomic E-state index is 0.104. The van der Waals surface area contributed by atoms with Gasteiger partial charge in [-0.1, -0.05) is 29.8 Å². The normalized spacial score (nSPS) is 27.5. The molecule has 3 atom stereocenters. The summed E-state index contributed by atoms with van der Waals surface area (Å²) in [6.07, 6.45) is 0.998. The molecule has 0 bridgehead atoms. The predicted molar refractivity (Wildman–Crippen MR) is 108 cm³/mol. The number of hydrogen-bond donors (Lipinski definition) is 0. The first kappa shape index (κ1) is 17.9. The molecule has 0 aromatic heterocycles. The van der Waals surface area contributed by atoms with Gasteiger partial charge in [0.2, 0.25) is 5.91 Å². The Morgan fingerprint density at radius 3 is 2.21 bits per heavy atom. The summed E-state index contributed by atoms with van der Waals surface area (Å²) < 4.78 is 0. The minimum atomic E-state index is -0.419. The molecule has 144 valence electrons. The van der Waals surface area contributed by atoms with Crippen molar-refractivity contribution in [2.45, 2.75) is 32.4 Å². The van der Waals surface area contributed by atoms with Crippen LogP contribution < -0.4 is 4.90 Å². The number of aryl methyl sites for hydroxylation is 2. The summed E-state index contributed by atoms with van der Waals surface area (Å²) in [6.45, 7) is 5.71. The van der Waals surface area contributed by atoms with Gasteiger partial charge in [-0.25, -0.2) is 14.9 Å². The van der Waals surface area contributed by atoms with Crippen LogP contribution in [0.1, 0.15) is 29.2 Å². The maximum absolute atomic E-state index is 13.5. The molecule has 2 aromatic carbocycles. The van der Waals surface area contributed by atoms with Gasteiger partial charge in [0, 0.05) is 18.1 Å². The third-order valence-corrected chi connectivity index (χ3v) is 6.62. The van der Waals surface area contributed by atoms with E-state index in [1.165, 1.54) is 4.90 Å². The highest BCUT2D eigenvalue weighted by Gasteiger charge is 2.62. The van der Waals surface area contributed by atoms with E-state index in [0.29, 0.717) is 10.7 Å². The molecule has 0 radical (unpaired) electrons. The second-order valence-corrected chi connectivity index (χ2v) is 8.36. The van der Waals surface area contributed by atoms with Gasteiger partial charge in [0.05, 0.1) is 17.6 Å². The Labute approximate surface area is 169 Å². The third-order valence-electron chi connectivity index (χ3n) is 6.37. The molecule has 3 aliphatic rings. The van der Waals surface area contributed by atoms with Crippen LogP contribution in [0.25, 0.3) is 0 Å². The van der Waals surface area contributed by atoms with Gasteiger partial charge < -0.3 is 0 Å². The third kappa shape index (κ3) is 2.47. The highest BCUT2D eigenvalue weighted by molar-refractivity contribution is 6.30. The zero-order valence-corrected chi connectivity index (χ0v) is 16.7. The van der Waals surface area contributed by atoms with Crippen LogP contribution in [-0.4, -0.2) is 41.0 Å². The topological polar surface area (TPSA) is 43.9 Å². The number of benzene rings is 2. The van der Waals surface area contributed by atoms with Crippen molar-refractivity contribution in [2.24, 2.45) is 5.92 Å². The summed E-state index contributed by atoms with van der Waals surface area (Å²) in [5.41, 5.74) is 3.93. The van der Waals surface area contributed by atoms with Gasteiger partial charge in [0.15, 0.2) is 0 Å². The van der Waals surface area contributed by atoms with Crippen molar-refractivity contribution in [3.63, 3.8) is 0 Å². The Morgan fingerprint density at radius 1 is 0.857 bits per heavy atom. The van der Waals surface area contributed by atoms with E-state index in [4.69, 9.17) is 11.6 Å². The van der Waals surface area contributed by atoms with Crippen LogP contribution in [0.5, 0.6) is 0 Å². The molecule has 0 unspecified atom stereocenters. The number of hydrazine groups is 1. The SMILES string of the molecule is Cc1ccc(N2C(=O)[C@H]3[C@H](C2=O)N2CCCN2[C@H]3c2ccc(Cl)cc2)cc1C. The first-order valence-corrected chi connectivity index (χ1v) is 10.1. The van der Waals surface area contributed by atoms with E-state index in [-0.39, 0.29) is 17.9 Å². The minimum Gasteiger partial charge on any atom is -0.274 e. The van der Waals surface area contributed by atoms with Gasteiger partial charge in [0.25, 0.3) is 5.91 Å². The van der Waals surface area contributed by atoms with Crippen molar-refractivity contribution < 1.29 is 9.59 Å². The van der Waals surface area contributed by atoms with Crippen LogP contribution in [-0.2, 0) is 9.59 Å². The van der Waals surface area contributed by atoms with E-state index in [0.717, 1.165) is 36.2 Å². The highest BCUT2D eigenvalue weighted by Crippen LogP contribution is 2.49. The summed E-state index contributed by atoms with van der Waals surface area (Å²) in [6, 6.07) is 12.9. The first-order chi connectivity index (χ1) is 13.5. The standard InChI is InChI=1S/C22H22ClN3O2/c1-13-4-9-17(12-14(13)2)26-21(27)18-19(15-5-7-16(23)8-6-15)24-10-3-11-25(24)20(18)22(26)28/h4-9,12,18-20H,3,10-11H2,1-2H3/t18-,19+,20-/m1/s1. The van der Waals surface area contributed by atoms with E-state index < -0.39 is 12.0 Å². The number of carbonyl (C=O) groups excluding carboxylic acids is 2. The van der Waals surface area contributed by atoms with Crippen LogP contribution in [0.15, 0.2) is 42.5 Å². The molecule has 0 spiro atoms. The lowest BCUT2D eigenvalue weighted by Crippen LogP contribution is -2.44. The Balaban J connectivity index is 1.58. The molecule has 5 rings (SSSR count). The molecule has 2 aromatic rings. The zero-order valence-electron chi connectivity index (χ0n) is 15.9. The number of halogens is 1.